The van der Waals surface area contributed by atoms with E-state index in [-0.39, 0.29) is 23.7 Å². The van der Waals surface area contributed by atoms with E-state index in [1.54, 1.807) is 23.5 Å². The average molecular weight is 370 g/mol. The summed E-state index contributed by atoms with van der Waals surface area (Å²) in [6.45, 7) is 1.09. The summed E-state index contributed by atoms with van der Waals surface area (Å²) >= 11 is 1.57. The quantitative estimate of drug-likeness (QED) is 0.815. The van der Waals surface area contributed by atoms with Crippen LogP contribution in [0.2, 0.25) is 0 Å². The predicted octanol–water partition coefficient (Wildman–Crippen LogP) is 1.90. The minimum atomic E-state index is -0.573. The number of fused-ring (bicyclic) bond motifs is 1. The topological polar surface area (TPSA) is 82.4 Å². The van der Waals surface area contributed by atoms with Crippen molar-refractivity contribution in [2.24, 2.45) is 15.9 Å². The number of dihydropyridines is 1. The van der Waals surface area contributed by atoms with Gasteiger partial charge in [0.25, 0.3) is 0 Å². The van der Waals surface area contributed by atoms with Gasteiger partial charge in [0.1, 0.15) is 11.8 Å². The molecule has 1 aromatic heterocycles. The molecule has 3 aliphatic heterocycles. The van der Waals surface area contributed by atoms with Gasteiger partial charge in [-0.1, -0.05) is 12.1 Å². The van der Waals surface area contributed by atoms with Crippen LogP contribution in [0.25, 0.3) is 0 Å². The first-order valence-electron chi connectivity index (χ1n) is 8.60. The van der Waals surface area contributed by atoms with Crippen LogP contribution in [0, 0.1) is 5.92 Å². The summed E-state index contributed by atoms with van der Waals surface area (Å²) in [5.74, 6) is -0.484. The van der Waals surface area contributed by atoms with Gasteiger partial charge in [0.05, 0.1) is 6.42 Å². The van der Waals surface area contributed by atoms with Gasteiger partial charge in [-0.3, -0.25) is 14.5 Å². The Morgan fingerprint density at radius 2 is 2.08 bits per heavy atom. The van der Waals surface area contributed by atoms with Gasteiger partial charge in [-0.15, -0.1) is 11.3 Å². The van der Waals surface area contributed by atoms with Crippen molar-refractivity contribution >= 4 is 41.2 Å². The number of carbonyl (C=O) groups is 3. The molecule has 26 heavy (non-hydrogen) atoms. The Hall–Kier alpha value is -2.61. The zero-order valence-corrected chi connectivity index (χ0v) is 14.9. The molecule has 4 heterocycles. The summed E-state index contributed by atoms with van der Waals surface area (Å²) in [5.41, 5.74) is 0. The van der Waals surface area contributed by atoms with E-state index in [1.165, 1.54) is 11.1 Å². The lowest BCUT2D eigenvalue weighted by Gasteiger charge is -2.39. The van der Waals surface area contributed by atoms with Crippen molar-refractivity contribution in [3.63, 3.8) is 0 Å². The minimum absolute atomic E-state index is 0.0899. The van der Waals surface area contributed by atoms with Crippen LogP contribution in [-0.2, 0) is 16.0 Å². The Bertz CT molecular complexity index is 819. The Labute approximate surface area is 154 Å². The maximum absolute atomic E-state index is 12.7. The summed E-state index contributed by atoms with van der Waals surface area (Å²) < 4.78 is 0. The SMILES string of the molecule is O=C(Cc1cccs1)N1CCC(N2C(=O)N=C3N=CC=CC3C2=O)CC1. The van der Waals surface area contributed by atoms with Crippen molar-refractivity contribution in [2.75, 3.05) is 13.1 Å². The zero-order valence-electron chi connectivity index (χ0n) is 14.1. The number of rotatable bonds is 3. The number of allylic oxidation sites excluding steroid dienone is 1. The van der Waals surface area contributed by atoms with Gasteiger partial charge < -0.3 is 4.90 Å². The standard InChI is InChI=1S/C18H18N4O3S/c23-15(11-13-3-2-10-26-13)21-8-5-12(6-9-21)22-17(24)14-4-1-7-19-16(14)20-18(22)25/h1-4,7,10,12,14H,5-6,8-9,11H2. The van der Waals surface area contributed by atoms with E-state index in [1.807, 2.05) is 22.4 Å². The van der Waals surface area contributed by atoms with E-state index in [4.69, 9.17) is 0 Å². The molecule has 0 bridgehead atoms. The summed E-state index contributed by atoms with van der Waals surface area (Å²) in [6, 6.07) is 3.13. The highest BCUT2D eigenvalue weighted by Crippen LogP contribution is 2.25. The van der Waals surface area contributed by atoms with Gasteiger partial charge in [0, 0.05) is 30.2 Å². The zero-order chi connectivity index (χ0) is 18.1. The molecule has 1 unspecified atom stereocenters. The molecule has 3 aliphatic rings. The molecule has 1 atom stereocenters. The number of hydrogen-bond donors (Lipinski definition) is 0. The third-order valence-corrected chi connectivity index (χ3v) is 5.76. The molecule has 4 amide bonds. The van der Waals surface area contributed by atoms with Crippen molar-refractivity contribution in [1.82, 2.24) is 9.80 Å². The number of amidine groups is 1. The van der Waals surface area contributed by atoms with Gasteiger partial charge in [-0.2, -0.15) is 4.99 Å². The monoisotopic (exact) mass is 370 g/mol. The number of likely N-dealkylation sites (tertiary alicyclic amines) is 1. The first kappa shape index (κ1) is 16.8. The smallest absolute Gasteiger partial charge is 0.342 e. The number of piperidine rings is 1. The normalized spacial score (nSPS) is 23.2. The van der Waals surface area contributed by atoms with E-state index >= 15 is 0 Å². The van der Waals surface area contributed by atoms with Crippen LogP contribution in [-0.4, -0.2) is 58.8 Å². The van der Waals surface area contributed by atoms with Crippen molar-refractivity contribution < 1.29 is 14.4 Å². The number of aliphatic imine (C=N–C) groups is 2. The van der Waals surface area contributed by atoms with Gasteiger partial charge in [0.2, 0.25) is 11.8 Å². The van der Waals surface area contributed by atoms with Gasteiger partial charge in [0.15, 0.2) is 0 Å². The number of imide groups is 1. The second kappa shape index (κ2) is 6.95. The highest BCUT2D eigenvalue weighted by Gasteiger charge is 2.41. The summed E-state index contributed by atoms with van der Waals surface area (Å²) in [6.07, 6.45) is 6.51. The maximum Gasteiger partial charge on any atom is 0.352 e. The number of thiophene rings is 1. The fourth-order valence-electron chi connectivity index (χ4n) is 3.52. The first-order valence-corrected chi connectivity index (χ1v) is 9.48. The van der Waals surface area contributed by atoms with Crippen molar-refractivity contribution in [2.45, 2.75) is 25.3 Å². The summed E-state index contributed by atoms with van der Waals surface area (Å²) in [5, 5.41) is 1.96. The molecule has 134 valence electrons. The first-order chi connectivity index (χ1) is 12.6. The van der Waals surface area contributed by atoms with E-state index in [9.17, 15) is 14.4 Å². The molecule has 0 saturated carbocycles. The van der Waals surface area contributed by atoms with Crippen LogP contribution in [0.5, 0.6) is 0 Å². The maximum atomic E-state index is 12.7. The van der Waals surface area contributed by atoms with Gasteiger partial charge in [-0.25, -0.2) is 9.79 Å². The molecule has 0 spiro atoms. The van der Waals surface area contributed by atoms with Crippen LogP contribution in [0.4, 0.5) is 4.79 Å². The molecule has 0 aliphatic carbocycles. The Morgan fingerprint density at radius 3 is 2.81 bits per heavy atom. The Balaban J connectivity index is 1.40. The molecule has 0 N–H and O–H groups in total. The molecule has 1 aromatic rings. The van der Waals surface area contributed by atoms with Crippen LogP contribution in [0.15, 0.2) is 39.6 Å². The number of nitrogens with zero attached hydrogens (tertiary/aromatic N) is 4. The van der Waals surface area contributed by atoms with Crippen molar-refractivity contribution in [1.29, 1.82) is 0 Å². The average Bonchev–Trinajstić information content (AvgIpc) is 3.15. The number of urea groups is 1. The molecule has 0 aromatic carbocycles. The fraction of sp³-hybridized carbons (Fsp3) is 0.389. The van der Waals surface area contributed by atoms with Crippen molar-refractivity contribution in [3.8, 4) is 0 Å². The van der Waals surface area contributed by atoms with E-state index in [2.05, 4.69) is 9.98 Å². The molecule has 4 rings (SSSR count). The van der Waals surface area contributed by atoms with Crippen LogP contribution in [0.1, 0.15) is 17.7 Å². The van der Waals surface area contributed by atoms with E-state index in [0.717, 1.165) is 4.88 Å². The van der Waals surface area contributed by atoms with E-state index < -0.39 is 11.9 Å². The van der Waals surface area contributed by atoms with Gasteiger partial charge in [-0.05, 0) is 30.4 Å². The van der Waals surface area contributed by atoms with Crippen LogP contribution in [0.3, 0.4) is 0 Å². The second-order valence-corrected chi connectivity index (χ2v) is 7.50. The molecule has 1 fully saturated rings. The Morgan fingerprint density at radius 1 is 1.27 bits per heavy atom. The molecule has 0 radical (unpaired) electrons. The predicted molar refractivity (Wildman–Crippen MR) is 98.4 cm³/mol. The summed E-state index contributed by atoms with van der Waals surface area (Å²) in [4.78, 5) is 49.6. The number of amides is 4. The highest BCUT2D eigenvalue weighted by atomic mass is 32.1. The molecular weight excluding hydrogens is 352 g/mol. The number of hydrogen-bond acceptors (Lipinski definition) is 5. The molecule has 8 heteroatoms. The lowest BCUT2D eigenvalue weighted by Crippen LogP contribution is -2.54. The largest absolute Gasteiger partial charge is 0.352 e. The molecule has 7 nitrogen and oxygen atoms in total. The van der Waals surface area contributed by atoms with E-state index in [0.29, 0.717) is 32.4 Å². The second-order valence-electron chi connectivity index (χ2n) is 6.47. The molecule has 1 saturated heterocycles. The lowest BCUT2D eigenvalue weighted by molar-refractivity contribution is -0.134. The fourth-order valence-corrected chi connectivity index (χ4v) is 4.21. The lowest BCUT2D eigenvalue weighted by atomic mass is 9.97. The highest BCUT2D eigenvalue weighted by molar-refractivity contribution is 7.10. The molecular formula is C18H18N4O3S. The third kappa shape index (κ3) is 3.12. The third-order valence-electron chi connectivity index (χ3n) is 4.88. The van der Waals surface area contributed by atoms with Crippen molar-refractivity contribution in [3.05, 3.63) is 34.5 Å². The Kier molecular flexibility index (Phi) is 4.50. The van der Waals surface area contributed by atoms with Gasteiger partial charge >= 0.3 is 6.03 Å². The minimum Gasteiger partial charge on any atom is -0.342 e. The summed E-state index contributed by atoms with van der Waals surface area (Å²) in [7, 11) is 0. The van der Waals surface area contributed by atoms with Crippen LogP contribution < -0.4 is 0 Å². The van der Waals surface area contributed by atoms with Crippen LogP contribution >= 0.6 is 11.3 Å². The number of carbonyl (C=O) groups excluding carboxylic acids is 3.